The smallest absolute Gasteiger partial charge is 0.323 e. The summed E-state index contributed by atoms with van der Waals surface area (Å²) in [5.74, 6) is -0.0665. The Hall–Kier alpha value is -0.610. The third-order valence-electron chi connectivity index (χ3n) is 4.46. The lowest BCUT2D eigenvalue weighted by atomic mass is 9.91. The Balaban J connectivity index is 4.85. The molecule has 0 amide bonds. The maximum absolute atomic E-state index is 11.7. The molecule has 0 rings (SSSR count). The summed E-state index contributed by atoms with van der Waals surface area (Å²) in [6.45, 7) is 16.6. The van der Waals surface area contributed by atoms with Gasteiger partial charge in [-0.05, 0) is 46.6 Å². The van der Waals surface area contributed by atoms with Crippen LogP contribution in [0.3, 0.4) is 0 Å². The van der Waals surface area contributed by atoms with E-state index in [1.807, 2.05) is 13.8 Å². The first kappa shape index (κ1) is 20.4. The lowest BCUT2D eigenvalue weighted by Gasteiger charge is -2.37. The van der Waals surface area contributed by atoms with Gasteiger partial charge in [0.2, 0.25) is 0 Å². The van der Waals surface area contributed by atoms with Crippen LogP contribution in [0, 0.1) is 5.92 Å². The van der Waals surface area contributed by atoms with Crippen molar-refractivity contribution in [3.63, 3.8) is 0 Å². The quantitative estimate of drug-likeness (QED) is 0.614. The van der Waals surface area contributed by atoms with Crippen molar-refractivity contribution < 1.29 is 9.90 Å². The molecule has 0 radical (unpaired) electrons. The fourth-order valence-electron chi connectivity index (χ4n) is 3.06. The van der Waals surface area contributed by atoms with E-state index in [-0.39, 0.29) is 12.1 Å². The largest absolute Gasteiger partial charge is 0.480 e. The summed E-state index contributed by atoms with van der Waals surface area (Å²) in [6, 6.07) is 0.412. The zero-order chi connectivity index (χ0) is 16.6. The van der Waals surface area contributed by atoms with Gasteiger partial charge in [0, 0.05) is 18.6 Å². The van der Waals surface area contributed by atoms with Crippen LogP contribution in [0.25, 0.3) is 0 Å². The van der Waals surface area contributed by atoms with Gasteiger partial charge >= 0.3 is 5.97 Å². The molecule has 0 spiro atoms. The summed E-state index contributed by atoms with van der Waals surface area (Å²) in [5, 5.41) is 12.8. The molecule has 0 bridgehead atoms. The molecule has 21 heavy (non-hydrogen) atoms. The molecular formula is C17H36N2O2. The SMILES string of the molecule is CCC(CC)CN(CC)C(C)CC(C)(NC(C)C)C(=O)O. The first-order valence-electron chi connectivity index (χ1n) is 8.45. The van der Waals surface area contributed by atoms with E-state index in [0.717, 1.165) is 13.1 Å². The Labute approximate surface area is 131 Å². The molecule has 0 heterocycles. The van der Waals surface area contributed by atoms with Crippen LogP contribution in [0.5, 0.6) is 0 Å². The van der Waals surface area contributed by atoms with Gasteiger partial charge in [-0.3, -0.25) is 10.1 Å². The number of rotatable bonds is 11. The highest BCUT2D eigenvalue weighted by Gasteiger charge is 2.36. The number of hydrogen-bond acceptors (Lipinski definition) is 3. The second-order valence-electron chi connectivity index (χ2n) is 6.76. The minimum Gasteiger partial charge on any atom is -0.480 e. The van der Waals surface area contributed by atoms with Crippen molar-refractivity contribution in [2.24, 2.45) is 5.92 Å². The molecule has 2 atom stereocenters. The average Bonchev–Trinajstić information content (AvgIpc) is 2.38. The van der Waals surface area contributed by atoms with Gasteiger partial charge in [0.25, 0.3) is 0 Å². The van der Waals surface area contributed by atoms with Gasteiger partial charge in [-0.25, -0.2) is 0 Å². The van der Waals surface area contributed by atoms with Gasteiger partial charge in [-0.15, -0.1) is 0 Å². The molecule has 0 aromatic rings. The van der Waals surface area contributed by atoms with Crippen molar-refractivity contribution in [1.82, 2.24) is 10.2 Å². The van der Waals surface area contributed by atoms with Crippen molar-refractivity contribution in [2.45, 2.75) is 85.4 Å². The second kappa shape index (κ2) is 9.42. The molecular weight excluding hydrogens is 264 g/mol. The summed E-state index contributed by atoms with van der Waals surface area (Å²) < 4.78 is 0. The van der Waals surface area contributed by atoms with E-state index >= 15 is 0 Å². The Kier molecular flexibility index (Phi) is 9.14. The van der Waals surface area contributed by atoms with Crippen LogP contribution in [0.15, 0.2) is 0 Å². The third kappa shape index (κ3) is 6.79. The molecule has 0 aliphatic heterocycles. The Morgan fingerprint density at radius 3 is 2.05 bits per heavy atom. The van der Waals surface area contributed by atoms with Crippen LogP contribution in [-0.2, 0) is 4.79 Å². The number of nitrogens with zero attached hydrogens (tertiary/aromatic N) is 1. The normalized spacial score (nSPS) is 16.5. The third-order valence-corrected chi connectivity index (χ3v) is 4.46. The van der Waals surface area contributed by atoms with Crippen LogP contribution in [0.4, 0.5) is 0 Å². The lowest BCUT2D eigenvalue weighted by molar-refractivity contribution is -0.145. The highest BCUT2D eigenvalue weighted by Crippen LogP contribution is 2.20. The van der Waals surface area contributed by atoms with E-state index in [2.05, 4.69) is 37.9 Å². The zero-order valence-corrected chi connectivity index (χ0v) is 15.1. The molecule has 0 saturated heterocycles. The number of aliphatic carboxylic acids is 1. The molecule has 0 saturated carbocycles. The molecule has 0 aromatic carbocycles. The number of carbonyl (C=O) groups is 1. The van der Waals surface area contributed by atoms with Gasteiger partial charge in [0.15, 0.2) is 0 Å². The first-order chi connectivity index (χ1) is 9.69. The van der Waals surface area contributed by atoms with Gasteiger partial charge in [-0.1, -0.05) is 33.6 Å². The Morgan fingerprint density at radius 1 is 1.19 bits per heavy atom. The van der Waals surface area contributed by atoms with E-state index in [1.165, 1.54) is 12.8 Å². The van der Waals surface area contributed by atoms with Crippen LogP contribution in [-0.4, -0.2) is 46.7 Å². The second-order valence-corrected chi connectivity index (χ2v) is 6.76. The van der Waals surface area contributed by atoms with Crippen molar-refractivity contribution in [3.8, 4) is 0 Å². The topological polar surface area (TPSA) is 52.6 Å². The van der Waals surface area contributed by atoms with Crippen molar-refractivity contribution >= 4 is 5.97 Å². The highest BCUT2D eigenvalue weighted by molar-refractivity contribution is 5.78. The average molecular weight is 300 g/mol. The molecule has 0 aromatic heterocycles. The first-order valence-corrected chi connectivity index (χ1v) is 8.45. The monoisotopic (exact) mass is 300 g/mol. The van der Waals surface area contributed by atoms with Crippen molar-refractivity contribution in [1.29, 1.82) is 0 Å². The van der Waals surface area contributed by atoms with Crippen LogP contribution in [0.2, 0.25) is 0 Å². The molecule has 126 valence electrons. The summed E-state index contributed by atoms with van der Waals surface area (Å²) in [7, 11) is 0. The van der Waals surface area contributed by atoms with E-state index in [9.17, 15) is 9.90 Å². The highest BCUT2D eigenvalue weighted by atomic mass is 16.4. The van der Waals surface area contributed by atoms with Gasteiger partial charge < -0.3 is 10.0 Å². The number of carboxylic acid groups (broad SMARTS) is 1. The molecule has 4 nitrogen and oxygen atoms in total. The maximum Gasteiger partial charge on any atom is 0.323 e. The fourth-order valence-corrected chi connectivity index (χ4v) is 3.06. The van der Waals surface area contributed by atoms with Gasteiger partial charge in [0.05, 0.1) is 0 Å². The lowest BCUT2D eigenvalue weighted by Crippen LogP contribution is -2.56. The predicted molar refractivity (Wildman–Crippen MR) is 89.7 cm³/mol. The number of nitrogens with one attached hydrogen (secondary N) is 1. The Bertz CT molecular complexity index is 303. The van der Waals surface area contributed by atoms with E-state index in [0.29, 0.717) is 12.3 Å². The Morgan fingerprint density at radius 2 is 1.71 bits per heavy atom. The van der Waals surface area contributed by atoms with Crippen LogP contribution >= 0.6 is 0 Å². The minimum absolute atomic E-state index is 0.160. The van der Waals surface area contributed by atoms with Crippen LogP contribution in [0.1, 0.15) is 67.7 Å². The minimum atomic E-state index is -0.866. The van der Waals surface area contributed by atoms with E-state index in [4.69, 9.17) is 0 Å². The predicted octanol–water partition coefficient (Wildman–Crippen LogP) is 3.36. The van der Waals surface area contributed by atoms with E-state index in [1.54, 1.807) is 6.92 Å². The number of carboxylic acids is 1. The molecule has 0 fully saturated rings. The summed E-state index contributed by atoms with van der Waals surface area (Å²) in [6.07, 6.45) is 2.98. The van der Waals surface area contributed by atoms with Gasteiger partial charge in [-0.2, -0.15) is 0 Å². The summed E-state index contributed by atoms with van der Waals surface area (Å²) >= 11 is 0. The van der Waals surface area contributed by atoms with E-state index < -0.39 is 11.5 Å². The van der Waals surface area contributed by atoms with Crippen molar-refractivity contribution in [3.05, 3.63) is 0 Å². The van der Waals surface area contributed by atoms with Crippen LogP contribution < -0.4 is 5.32 Å². The fraction of sp³-hybridized carbons (Fsp3) is 0.941. The molecule has 0 aliphatic carbocycles. The van der Waals surface area contributed by atoms with Crippen molar-refractivity contribution in [2.75, 3.05) is 13.1 Å². The molecule has 2 unspecified atom stereocenters. The summed E-state index contributed by atoms with van der Waals surface area (Å²) in [5.41, 5.74) is -0.866. The standard InChI is InChI=1S/C17H36N2O2/c1-8-15(9-2)12-19(10-3)14(6)11-17(7,16(20)21)18-13(4)5/h13-15,18H,8-12H2,1-7H3,(H,20,21). The zero-order valence-electron chi connectivity index (χ0n) is 15.1. The molecule has 2 N–H and O–H groups in total. The number of hydrogen-bond donors (Lipinski definition) is 2. The maximum atomic E-state index is 11.7. The molecule has 0 aliphatic rings. The van der Waals surface area contributed by atoms with Gasteiger partial charge in [0.1, 0.15) is 5.54 Å². The molecule has 4 heteroatoms. The summed E-state index contributed by atoms with van der Waals surface area (Å²) in [4.78, 5) is 14.1.